The van der Waals surface area contributed by atoms with Gasteiger partial charge in [0, 0.05) is 12.5 Å². The standard InChI is InChI=1S/C11H12N4O2/c1-16-9-5-7-3-4-11-12-13-14-15(11)8(7)6-10(9)17-2/h5-6H,3-4H2,1-2H3. The summed E-state index contributed by atoms with van der Waals surface area (Å²) in [5, 5.41) is 11.7. The van der Waals surface area contributed by atoms with Crippen LogP contribution in [0, 0.1) is 0 Å². The zero-order valence-electron chi connectivity index (χ0n) is 9.67. The second kappa shape index (κ2) is 3.73. The van der Waals surface area contributed by atoms with Crippen LogP contribution in [-0.2, 0) is 12.8 Å². The molecule has 17 heavy (non-hydrogen) atoms. The molecule has 0 fully saturated rings. The zero-order chi connectivity index (χ0) is 11.8. The second-order valence-corrected chi connectivity index (χ2v) is 3.84. The maximum atomic E-state index is 5.29. The molecule has 2 heterocycles. The predicted molar refractivity (Wildman–Crippen MR) is 59.7 cm³/mol. The molecule has 2 aromatic rings. The highest BCUT2D eigenvalue weighted by molar-refractivity contribution is 5.55. The van der Waals surface area contributed by atoms with Gasteiger partial charge in [-0.25, -0.2) is 0 Å². The molecule has 0 aliphatic carbocycles. The lowest BCUT2D eigenvalue weighted by Crippen LogP contribution is -2.14. The largest absolute Gasteiger partial charge is 0.493 e. The van der Waals surface area contributed by atoms with Crippen molar-refractivity contribution in [3.63, 3.8) is 0 Å². The fourth-order valence-corrected chi connectivity index (χ4v) is 2.10. The van der Waals surface area contributed by atoms with Crippen LogP contribution in [-0.4, -0.2) is 34.4 Å². The molecule has 0 unspecified atom stereocenters. The van der Waals surface area contributed by atoms with Crippen LogP contribution in [0.15, 0.2) is 12.1 Å². The Hall–Kier alpha value is -2.11. The second-order valence-electron chi connectivity index (χ2n) is 3.84. The molecule has 0 radical (unpaired) electrons. The Morgan fingerprint density at radius 3 is 2.65 bits per heavy atom. The first kappa shape index (κ1) is 10.1. The molecule has 1 aromatic heterocycles. The number of aromatic nitrogens is 4. The molecule has 88 valence electrons. The third-order valence-electron chi connectivity index (χ3n) is 2.97. The van der Waals surface area contributed by atoms with Gasteiger partial charge in [-0.1, -0.05) is 0 Å². The van der Waals surface area contributed by atoms with Crippen LogP contribution in [0.2, 0.25) is 0 Å². The molecule has 0 saturated carbocycles. The molecule has 1 aliphatic heterocycles. The first-order chi connectivity index (χ1) is 8.33. The van der Waals surface area contributed by atoms with Crippen LogP contribution in [0.25, 0.3) is 5.69 Å². The van der Waals surface area contributed by atoms with Gasteiger partial charge in [0.2, 0.25) is 0 Å². The summed E-state index contributed by atoms with van der Waals surface area (Å²) >= 11 is 0. The van der Waals surface area contributed by atoms with E-state index in [1.165, 1.54) is 5.56 Å². The fourth-order valence-electron chi connectivity index (χ4n) is 2.10. The van der Waals surface area contributed by atoms with E-state index in [-0.39, 0.29) is 0 Å². The SMILES string of the molecule is COc1cc2c(cc1OC)-n1nnnc1CC2. The monoisotopic (exact) mass is 232 g/mol. The number of fused-ring (bicyclic) bond motifs is 3. The van der Waals surface area contributed by atoms with Crippen molar-refractivity contribution >= 4 is 0 Å². The van der Waals surface area contributed by atoms with Crippen molar-refractivity contribution in [2.45, 2.75) is 12.8 Å². The number of tetrazole rings is 1. The van der Waals surface area contributed by atoms with Crippen LogP contribution in [0.3, 0.4) is 0 Å². The Morgan fingerprint density at radius 1 is 1.12 bits per heavy atom. The average Bonchev–Trinajstić information content (AvgIpc) is 2.85. The van der Waals surface area contributed by atoms with Gasteiger partial charge < -0.3 is 9.47 Å². The van der Waals surface area contributed by atoms with Crippen LogP contribution >= 0.6 is 0 Å². The van der Waals surface area contributed by atoms with E-state index in [1.54, 1.807) is 18.9 Å². The molecule has 0 atom stereocenters. The first-order valence-corrected chi connectivity index (χ1v) is 5.36. The Bertz CT molecular complexity index is 565. The number of ether oxygens (including phenoxy) is 2. The van der Waals surface area contributed by atoms with Crippen LogP contribution in [0.1, 0.15) is 11.4 Å². The maximum absolute atomic E-state index is 5.29. The van der Waals surface area contributed by atoms with E-state index in [0.717, 1.165) is 30.1 Å². The van der Waals surface area contributed by atoms with Crippen molar-refractivity contribution < 1.29 is 9.47 Å². The van der Waals surface area contributed by atoms with Crippen molar-refractivity contribution in [1.29, 1.82) is 0 Å². The number of aryl methyl sites for hydroxylation is 2. The molecule has 0 amide bonds. The number of methoxy groups -OCH3 is 2. The smallest absolute Gasteiger partial charge is 0.162 e. The molecule has 6 heteroatoms. The highest BCUT2D eigenvalue weighted by Crippen LogP contribution is 2.34. The van der Waals surface area contributed by atoms with E-state index >= 15 is 0 Å². The minimum atomic E-state index is 0.689. The Balaban J connectivity index is 2.20. The summed E-state index contributed by atoms with van der Waals surface area (Å²) in [7, 11) is 3.25. The van der Waals surface area contributed by atoms with E-state index in [0.29, 0.717) is 5.75 Å². The molecule has 0 N–H and O–H groups in total. The summed E-state index contributed by atoms with van der Waals surface area (Å²) in [6.07, 6.45) is 1.76. The van der Waals surface area contributed by atoms with E-state index in [9.17, 15) is 0 Å². The molecular weight excluding hydrogens is 220 g/mol. The molecule has 0 spiro atoms. The average molecular weight is 232 g/mol. The summed E-state index contributed by atoms with van der Waals surface area (Å²) in [5.41, 5.74) is 2.14. The predicted octanol–water partition coefficient (Wildman–Crippen LogP) is 0.778. The van der Waals surface area contributed by atoms with Gasteiger partial charge in [0.1, 0.15) is 0 Å². The Morgan fingerprint density at radius 2 is 1.88 bits per heavy atom. The molecule has 0 bridgehead atoms. The third kappa shape index (κ3) is 1.44. The minimum Gasteiger partial charge on any atom is -0.493 e. The topological polar surface area (TPSA) is 62.1 Å². The lowest BCUT2D eigenvalue weighted by atomic mass is 10.0. The minimum absolute atomic E-state index is 0.689. The molecule has 3 rings (SSSR count). The summed E-state index contributed by atoms with van der Waals surface area (Å²) in [6.45, 7) is 0. The van der Waals surface area contributed by atoms with Gasteiger partial charge >= 0.3 is 0 Å². The van der Waals surface area contributed by atoms with E-state index in [2.05, 4.69) is 15.5 Å². The number of hydrogen-bond donors (Lipinski definition) is 0. The maximum Gasteiger partial charge on any atom is 0.162 e. The lowest BCUT2D eigenvalue weighted by Gasteiger charge is -2.18. The quantitative estimate of drug-likeness (QED) is 0.765. The van der Waals surface area contributed by atoms with Gasteiger partial charge in [0.15, 0.2) is 17.3 Å². The molecule has 6 nitrogen and oxygen atoms in total. The summed E-state index contributed by atoms with van der Waals surface area (Å²) < 4.78 is 12.3. The summed E-state index contributed by atoms with van der Waals surface area (Å²) in [6, 6.07) is 3.89. The number of nitrogens with zero attached hydrogens (tertiary/aromatic N) is 4. The van der Waals surface area contributed by atoms with E-state index < -0.39 is 0 Å². The van der Waals surface area contributed by atoms with Crippen molar-refractivity contribution in [3.05, 3.63) is 23.5 Å². The van der Waals surface area contributed by atoms with Gasteiger partial charge in [0.05, 0.1) is 19.9 Å². The molecule has 0 saturated heterocycles. The zero-order valence-corrected chi connectivity index (χ0v) is 9.67. The van der Waals surface area contributed by atoms with Gasteiger partial charge in [-0.15, -0.1) is 5.10 Å². The molecular formula is C11H12N4O2. The van der Waals surface area contributed by atoms with Gasteiger partial charge in [-0.3, -0.25) is 0 Å². The van der Waals surface area contributed by atoms with Crippen molar-refractivity contribution in [2.24, 2.45) is 0 Å². The number of rotatable bonds is 2. The number of benzene rings is 1. The number of hydrogen-bond acceptors (Lipinski definition) is 5. The van der Waals surface area contributed by atoms with Gasteiger partial charge in [0.25, 0.3) is 0 Å². The molecule has 1 aromatic carbocycles. The Kier molecular flexibility index (Phi) is 2.21. The van der Waals surface area contributed by atoms with E-state index in [1.807, 2.05) is 12.1 Å². The summed E-state index contributed by atoms with van der Waals surface area (Å²) in [5.74, 6) is 2.31. The van der Waals surface area contributed by atoms with Gasteiger partial charge in [-0.2, -0.15) is 4.68 Å². The van der Waals surface area contributed by atoms with Crippen molar-refractivity contribution in [2.75, 3.05) is 14.2 Å². The van der Waals surface area contributed by atoms with Crippen molar-refractivity contribution in [3.8, 4) is 17.2 Å². The normalized spacial score (nSPS) is 12.8. The van der Waals surface area contributed by atoms with Crippen LogP contribution in [0.5, 0.6) is 11.5 Å². The Labute approximate surface area is 98.2 Å². The van der Waals surface area contributed by atoms with E-state index in [4.69, 9.17) is 9.47 Å². The lowest BCUT2D eigenvalue weighted by molar-refractivity contribution is 0.354. The summed E-state index contributed by atoms with van der Waals surface area (Å²) in [4.78, 5) is 0. The van der Waals surface area contributed by atoms with Crippen LogP contribution < -0.4 is 9.47 Å². The fraction of sp³-hybridized carbons (Fsp3) is 0.364. The highest BCUT2D eigenvalue weighted by Gasteiger charge is 2.21. The van der Waals surface area contributed by atoms with Crippen molar-refractivity contribution in [1.82, 2.24) is 20.2 Å². The van der Waals surface area contributed by atoms with Crippen LogP contribution in [0.4, 0.5) is 0 Å². The highest BCUT2D eigenvalue weighted by atomic mass is 16.5. The van der Waals surface area contributed by atoms with Gasteiger partial charge in [-0.05, 0) is 28.5 Å². The third-order valence-corrected chi connectivity index (χ3v) is 2.97. The first-order valence-electron chi connectivity index (χ1n) is 5.36. The molecule has 1 aliphatic rings.